The molecule has 32 heavy (non-hydrogen) atoms. The Balaban J connectivity index is 1.38. The number of nitrogens with zero attached hydrogens (tertiary/aromatic N) is 3. The van der Waals surface area contributed by atoms with Crippen molar-refractivity contribution in [2.24, 2.45) is 0 Å². The summed E-state index contributed by atoms with van der Waals surface area (Å²) in [5.41, 5.74) is 3.33. The highest BCUT2D eigenvalue weighted by Crippen LogP contribution is 2.23. The first-order valence-corrected chi connectivity index (χ1v) is 10.4. The topological polar surface area (TPSA) is 134 Å². The van der Waals surface area contributed by atoms with Crippen LogP contribution in [0, 0.1) is 6.92 Å². The number of carbonyl (C=O) groups is 1. The molecule has 0 radical (unpaired) electrons. The van der Waals surface area contributed by atoms with Gasteiger partial charge in [0.2, 0.25) is 5.95 Å². The number of hydrogen-bond acceptors (Lipinski definition) is 7. The number of carbonyl (C=O) groups excluding carboxylic acids is 1. The van der Waals surface area contributed by atoms with Gasteiger partial charge in [-0.05, 0) is 48.4 Å². The standard InChI is InChI=1S/C21H19N7O3S/c1-13-3-6-16(11-17(13)26-18-22-9-2-10-23-18)25-19(29)24-15-7-4-14(5-8-15)12-28-20(30)27-21(31)32-28/h2-11H,12H2,1H3,(H,22,23,26)(H2,24,25,29)(H,27,30,31). The first-order chi connectivity index (χ1) is 15.5. The van der Waals surface area contributed by atoms with Gasteiger partial charge in [-0.2, -0.15) is 0 Å². The van der Waals surface area contributed by atoms with Crippen molar-refractivity contribution < 1.29 is 4.79 Å². The fourth-order valence-corrected chi connectivity index (χ4v) is 3.56. The number of aromatic nitrogens is 4. The van der Waals surface area contributed by atoms with Crippen molar-refractivity contribution in [3.8, 4) is 0 Å². The number of nitrogens with one attached hydrogen (secondary N) is 4. The lowest BCUT2D eigenvalue weighted by Crippen LogP contribution is -2.19. The zero-order valence-corrected chi connectivity index (χ0v) is 17.8. The smallest absolute Gasteiger partial charge is 0.324 e. The van der Waals surface area contributed by atoms with Gasteiger partial charge in [0.1, 0.15) is 0 Å². The predicted octanol–water partition coefficient (Wildman–Crippen LogP) is 3.13. The van der Waals surface area contributed by atoms with Gasteiger partial charge >= 0.3 is 16.6 Å². The predicted molar refractivity (Wildman–Crippen MR) is 124 cm³/mol. The molecular formula is C21H19N7O3S. The number of H-pyrrole nitrogens is 1. The van der Waals surface area contributed by atoms with Crippen molar-refractivity contribution in [2.75, 3.05) is 16.0 Å². The SMILES string of the molecule is Cc1ccc(NC(=O)Nc2ccc(Cn3sc(=O)[nH]c3=O)cc2)cc1Nc1ncccn1. The number of aryl methyl sites for hydroxylation is 1. The van der Waals surface area contributed by atoms with Gasteiger partial charge in [-0.1, -0.05) is 18.2 Å². The molecule has 162 valence electrons. The van der Waals surface area contributed by atoms with E-state index in [-0.39, 0.29) is 6.54 Å². The molecule has 4 aromatic rings. The highest BCUT2D eigenvalue weighted by Gasteiger charge is 2.07. The maximum atomic E-state index is 12.4. The molecule has 0 atom stereocenters. The maximum absolute atomic E-state index is 12.4. The summed E-state index contributed by atoms with van der Waals surface area (Å²) >= 11 is 0.828. The lowest BCUT2D eigenvalue weighted by molar-refractivity contribution is 0.262. The van der Waals surface area contributed by atoms with Gasteiger partial charge in [0.25, 0.3) is 0 Å². The Morgan fingerprint density at radius 2 is 1.72 bits per heavy atom. The van der Waals surface area contributed by atoms with Crippen molar-refractivity contribution in [1.82, 2.24) is 18.9 Å². The first kappa shape index (κ1) is 21.0. The van der Waals surface area contributed by atoms with Crippen LogP contribution in [0.3, 0.4) is 0 Å². The second-order valence-corrected chi connectivity index (χ2v) is 7.84. The van der Waals surface area contributed by atoms with Crippen LogP contribution in [0.1, 0.15) is 11.1 Å². The minimum absolute atomic E-state index is 0.277. The molecule has 0 aliphatic rings. The van der Waals surface area contributed by atoms with Crippen LogP contribution in [-0.4, -0.2) is 24.9 Å². The summed E-state index contributed by atoms with van der Waals surface area (Å²) in [6.07, 6.45) is 3.29. The third-order valence-electron chi connectivity index (χ3n) is 4.47. The molecule has 2 amide bonds. The highest BCUT2D eigenvalue weighted by molar-refractivity contribution is 7.03. The molecule has 0 fully saturated rings. The second kappa shape index (κ2) is 9.27. The van der Waals surface area contributed by atoms with E-state index in [4.69, 9.17) is 0 Å². The minimum atomic E-state index is -0.438. The number of rotatable bonds is 6. The van der Waals surface area contributed by atoms with Gasteiger partial charge in [-0.3, -0.25) is 9.78 Å². The van der Waals surface area contributed by atoms with Crippen LogP contribution < -0.4 is 26.5 Å². The van der Waals surface area contributed by atoms with E-state index in [1.54, 1.807) is 54.9 Å². The molecule has 2 aromatic heterocycles. The average Bonchev–Trinajstić information content (AvgIpc) is 3.09. The quantitative estimate of drug-likeness (QED) is 0.357. The molecule has 11 heteroatoms. The molecule has 4 rings (SSSR count). The van der Waals surface area contributed by atoms with Crippen molar-refractivity contribution in [3.05, 3.63) is 92.2 Å². The number of hydrogen-bond donors (Lipinski definition) is 4. The summed E-state index contributed by atoms with van der Waals surface area (Å²) in [5.74, 6) is 0.464. The summed E-state index contributed by atoms with van der Waals surface area (Å²) in [5, 5.41) is 8.69. The van der Waals surface area contributed by atoms with Gasteiger partial charge in [0.15, 0.2) is 0 Å². The molecule has 2 heterocycles. The third-order valence-corrected chi connectivity index (χ3v) is 5.26. The molecule has 0 spiro atoms. The Morgan fingerprint density at radius 3 is 2.41 bits per heavy atom. The van der Waals surface area contributed by atoms with E-state index in [0.717, 1.165) is 28.3 Å². The number of urea groups is 1. The van der Waals surface area contributed by atoms with E-state index in [1.807, 2.05) is 13.0 Å². The first-order valence-electron chi connectivity index (χ1n) is 9.58. The molecule has 0 aliphatic heterocycles. The van der Waals surface area contributed by atoms with Crippen LogP contribution in [0.4, 0.5) is 27.8 Å². The van der Waals surface area contributed by atoms with Gasteiger partial charge in [0.05, 0.1) is 6.54 Å². The van der Waals surface area contributed by atoms with E-state index in [1.165, 1.54) is 3.96 Å². The van der Waals surface area contributed by atoms with E-state index in [0.29, 0.717) is 17.3 Å². The number of benzene rings is 2. The molecule has 0 saturated heterocycles. The highest BCUT2D eigenvalue weighted by atomic mass is 32.1. The molecule has 10 nitrogen and oxygen atoms in total. The van der Waals surface area contributed by atoms with Crippen molar-refractivity contribution >= 4 is 40.6 Å². The van der Waals surface area contributed by atoms with E-state index >= 15 is 0 Å². The summed E-state index contributed by atoms with van der Waals surface area (Å²) in [7, 11) is 0. The van der Waals surface area contributed by atoms with E-state index < -0.39 is 16.6 Å². The Labute approximate surface area is 186 Å². The van der Waals surface area contributed by atoms with Crippen LogP contribution in [0.15, 0.2) is 70.5 Å². The summed E-state index contributed by atoms with van der Waals surface area (Å²) < 4.78 is 1.33. The van der Waals surface area contributed by atoms with E-state index in [9.17, 15) is 14.4 Å². The maximum Gasteiger partial charge on any atom is 0.338 e. The van der Waals surface area contributed by atoms with Crippen molar-refractivity contribution in [1.29, 1.82) is 0 Å². The van der Waals surface area contributed by atoms with Crippen molar-refractivity contribution in [3.63, 3.8) is 0 Å². The monoisotopic (exact) mass is 449 g/mol. The Hall–Kier alpha value is -4.25. The van der Waals surface area contributed by atoms with Crippen LogP contribution in [0.5, 0.6) is 0 Å². The Kier molecular flexibility index (Phi) is 6.08. The van der Waals surface area contributed by atoms with Crippen LogP contribution >= 0.6 is 11.5 Å². The Morgan fingerprint density at radius 1 is 1.03 bits per heavy atom. The zero-order valence-electron chi connectivity index (χ0n) is 17.0. The van der Waals surface area contributed by atoms with Crippen LogP contribution in [-0.2, 0) is 6.54 Å². The normalized spacial score (nSPS) is 10.5. The van der Waals surface area contributed by atoms with Gasteiger partial charge in [0, 0.05) is 41.0 Å². The van der Waals surface area contributed by atoms with Crippen LogP contribution in [0.2, 0.25) is 0 Å². The minimum Gasteiger partial charge on any atom is -0.324 e. The Bertz CT molecular complexity index is 1340. The molecule has 0 saturated carbocycles. The third kappa shape index (κ3) is 5.26. The number of aromatic amines is 1. The summed E-state index contributed by atoms with van der Waals surface area (Å²) in [6.45, 7) is 2.22. The molecule has 4 N–H and O–H groups in total. The largest absolute Gasteiger partial charge is 0.338 e. The van der Waals surface area contributed by atoms with Crippen LogP contribution in [0.25, 0.3) is 0 Å². The number of amides is 2. The zero-order chi connectivity index (χ0) is 22.5. The van der Waals surface area contributed by atoms with E-state index in [2.05, 4.69) is 30.9 Å². The number of anilines is 4. The fraction of sp³-hybridized carbons (Fsp3) is 0.0952. The fourth-order valence-electron chi connectivity index (χ4n) is 2.89. The second-order valence-electron chi connectivity index (χ2n) is 6.85. The van der Waals surface area contributed by atoms with Gasteiger partial charge < -0.3 is 16.0 Å². The lowest BCUT2D eigenvalue weighted by Gasteiger charge is -2.12. The molecule has 2 aromatic carbocycles. The summed E-state index contributed by atoms with van der Waals surface area (Å²) in [6, 6.07) is 13.8. The molecule has 0 unspecified atom stereocenters. The van der Waals surface area contributed by atoms with Gasteiger partial charge in [-0.25, -0.2) is 23.5 Å². The molecule has 0 bridgehead atoms. The van der Waals surface area contributed by atoms with Crippen molar-refractivity contribution in [2.45, 2.75) is 13.5 Å². The molecular weight excluding hydrogens is 430 g/mol. The lowest BCUT2D eigenvalue weighted by atomic mass is 10.2. The average molecular weight is 449 g/mol. The summed E-state index contributed by atoms with van der Waals surface area (Å²) in [4.78, 5) is 45.4. The van der Waals surface area contributed by atoms with Gasteiger partial charge in [-0.15, -0.1) is 0 Å². The molecule has 0 aliphatic carbocycles.